The molecule has 7 nitrogen and oxygen atoms in total. The Morgan fingerprint density at radius 2 is 1.59 bits per heavy atom. The number of piperazine rings is 1. The first-order valence-electron chi connectivity index (χ1n) is 9.62. The molecule has 0 aromatic heterocycles. The highest BCUT2D eigenvalue weighted by atomic mass is 16.5. The predicted octanol–water partition coefficient (Wildman–Crippen LogP) is 0.495. The number of benzene rings is 1. The molecule has 27 heavy (non-hydrogen) atoms. The minimum Gasteiger partial charge on any atom is -0.369 e. The Morgan fingerprint density at radius 3 is 2.22 bits per heavy atom. The lowest BCUT2D eigenvalue weighted by molar-refractivity contribution is -0.161. The van der Waals surface area contributed by atoms with E-state index >= 15 is 0 Å². The molecule has 7 heteroatoms. The van der Waals surface area contributed by atoms with Gasteiger partial charge < -0.3 is 19.4 Å². The zero-order valence-electron chi connectivity index (χ0n) is 15.4. The molecular weight excluding hydrogens is 346 g/mol. The Labute approximate surface area is 158 Å². The molecule has 2 aliphatic heterocycles. The molecule has 1 aromatic rings. The first kappa shape index (κ1) is 18.0. The summed E-state index contributed by atoms with van der Waals surface area (Å²) >= 11 is 0. The van der Waals surface area contributed by atoms with Crippen LogP contribution in [0.15, 0.2) is 30.3 Å². The summed E-state index contributed by atoms with van der Waals surface area (Å²) in [4.78, 5) is 42.9. The minimum absolute atomic E-state index is 0.0142. The van der Waals surface area contributed by atoms with Crippen molar-refractivity contribution in [3.63, 3.8) is 0 Å². The van der Waals surface area contributed by atoms with Crippen molar-refractivity contribution in [1.29, 1.82) is 0 Å². The van der Waals surface area contributed by atoms with Gasteiger partial charge >= 0.3 is 0 Å². The lowest BCUT2D eigenvalue weighted by Crippen LogP contribution is -2.60. The van der Waals surface area contributed by atoms with E-state index in [9.17, 15) is 14.4 Å². The van der Waals surface area contributed by atoms with Gasteiger partial charge in [0.25, 0.3) is 0 Å². The number of nitrogens with zero attached hydrogens (tertiary/aromatic N) is 3. The molecule has 144 valence electrons. The average molecular weight is 371 g/mol. The standard InChI is InChI=1S/C20H25N3O4/c24-18-14-27-13-17(23(18)12-15-4-2-1-3-5-15)20(26)22-10-8-21(9-11-22)19(25)16-6-7-16/h1-5,16-17H,6-14H2/t17-/m0/s1. The SMILES string of the molecule is O=C(C1CC1)N1CCN(C(=O)[C@@H]2COCC(=O)N2Cc2ccccc2)CC1. The number of ether oxygens (including phenoxy) is 1. The van der Waals surface area contributed by atoms with Crippen LogP contribution in [0.4, 0.5) is 0 Å². The smallest absolute Gasteiger partial charge is 0.249 e. The highest BCUT2D eigenvalue weighted by Gasteiger charge is 2.39. The van der Waals surface area contributed by atoms with E-state index in [0.29, 0.717) is 32.7 Å². The first-order valence-corrected chi connectivity index (χ1v) is 9.62. The zero-order valence-corrected chi connectivity index (χ0v) is 15.4. The summed E-state index contributed by atoms with van der Waals surface area (Å²) in [6, 6.07) is 9.08. The second-order valence-corrected chi connectivity index (χ2v) is 7.46. The molecule has 3 fully saturated rings. The summed E-state index contributed by atoms with van der Waals surface area (Å²) in [6.07, 6.45) is 1.99. The number of hydrogen-bond acceptors (Lipinski definition) is 4. The second kappa shape index (κ2) is 7.68. The van der Waals surface area contributed by atoms with Gasteiger partial charge in [0.05, 0.1) is 6.61 Å². The summed E-state index contributed by atoms with van der Waals surface area (Å²) < 4.78 is 5.37. The molecule has 0 unspecified atom stereocenters. The quantitative estimate of drug-likeness (QED) is 0.773. The van der Waals surface area contributed by atoms with E-state index in [1.54, 1.807) is 9.80 Å². The number of carbonyl (C=O) groups is 3. The molecule has 1 aliphatic carbocycles. The molecule has 0 bridgehead atoms. The van der Waals surface area contributed by atoms with Crippen molar-refractivity contribution in [2.24, 2.45) is 5.92 Å². The summed E-state index contributed by atoms with van der Waals surface area (Å²) in [5.41, 5.74) is 0.991. The molecule has 0 spiro atoms. The number of morpholine rings is 1. The van der Waals surface area contributed by atoms with Crippen LogP contribution in [0.1, 0.15) is 18.4 Å². The van der Waals surface area contributed by atoms with Crippen molar-refractivity contribution in [1.82, 2.24) is 14.7 Å². The van der Waals surface area contributed by atoms with Gasteiger partial charge in [0.2, 0.25) is 17.7 Å². The highest BCUT2D eigenvalue weighted by molar-refractivity contribution is 5.89. The van der Waals surface area contributed by atoms with Crippen LogP contribution in [0.25, 0.3) is 0 Å². The second-order valence-electron chi connectivity index (χ2n) is 7.46. The van der Waals surface area contributed by atoms with Gasteiger partial charge in [-0.25, -0.2) is 0 Å². The number of rotatable bonds is 4. The summed E-state index contributed by atoms with van der Waals surface area (Å²) in [5, 5.41) is 0. The minimum atomic E-state index is -0.600. The molecule has 2 heterocycles. The van der Waals surface area contributed by atoms with Crippen molar-refractivity contribution < 1.29 is 19.1 Å². The maximum absolute atomic E-state index is 13.1. The van der Waals surface area contributed by atoms with Gasteiger partial charge in [-0.3, -0.25) is 14.4 Å². The third-order valence-electron chi connectivity index (χ3n) is 5.51. The summed E-state index contributed by atoms with van der Waals surface area (Å²) in [7, 11) is 0. The van der Waals surface area contributed by atoms with Crippen LogP contribution in [0, 0.1) is 5.92 Å². The average Bonchev–Trinajstić information content (AvgIpc) is 3.55. The third kappa shape index (κ3) is 3.98. The van der Waals surface area contributed by atoms with Crippen LogP contribution in [-0.2, 0) is 25.7 Å². The van der Waals surface area contributed by atoms with E-state index in [-0.39, 0.29) is 36.9 Å². The van der Waals surface area contributed by atoms with Crippen LogP contribution in [0.3, 0.4) is 0 Å². The lowest BCUT2D eigenvalue weighted by atomic mass is 10.1. The van der Waals surface area contributed by atoms with Crippen LogP contribution in [0.5, 0.6) is 0 Å². The number of hydrogen-bond donors (Lipinski definition) is 0. The zero-order chi connectivity index (χ0) is 18.8. The largest absolute Gasteiger partial charge is 0.369 e. The monoisotopic (exact) mass is 371 g/mol. The van der Waals surface area contributed by atoms with Crippen molar-refractivity contribution in [3.8, 4) is 0 Å². The summed E-state index contributed by atoms with van der Waals surface area (Å²) in [5.74, 6) is 0.186. The van der Waals surface area contributed by atoms with Gasteiger partial charge in [-0.05, 0) is 18.4 Å². The third-order valence-corrected chi connectivity index (χ3v) is 5.51. The van der Waals surface area contributed by atoms with Gasteiger partial charge in [0.15, 0.2) is 0 Å². The molecule has 0 N–H and O–H groups in total. The Hall–Kier alpha value is -2.41. The Morgan fingerprint density at radius 1 is 0.963 bits per heavy atom. The maximum atomic E-state index is 13.1. The normalized spacial score (nSPS) is 23.5. The molecule has 1 saturated carbocycles. The van der Waals surface area contributed by atoms with Gasteiger partial charge in [0, 0.05) is 38.6 Å². The fraction of sp³-hybridized carbons (Fsp3) is 0.550. The Balaban J connectivity index is 1.40. The number of amides is 3. The van der Waals surface area contributed by atoms with E-state index in [2.05, 4.69) is 0 Å². The van der Waals surface area contributed by atoms with E-state index in [0.717, 1.165) is 18.4 Å². The maximum Gasteiger partial charge on any atom is 0.249 e. The lowest BCUT2D eigenvalue weighted by Gasteiger charge is -2.40. The van der Waals surface area contributed by atoms with E-state index in [4.69, 9.17) is 4.74 Å². The molecule has 2 saturated heterocycles. The molecule has 3 aliphatic rings. The van der Waals surface area contributed by atoms with Gasteiger partial charge in [-0.2, -0.15) is 0 Å². The predicted molar refractivity (Wildman–Crippen MR) is 97.5 cm³/mol. The first-order chi connectivity index (χ1) is 13.1. The van der Waals surface area contributed by atoms with Crippen molar-refractivity contribution in [2.45, 2.75) is 25.4 Å². The van der Waals surface area contributed by atoms with Crippen LogP contribution in [0.2, 0.25) is 0 Å². The van der Waals surface area contributed by atoms with Crippen LogP contribution < -0.4 is 0 Å². The number of carbonyl (C=O) groups excluding carboxylic acids is 3. The van der Waals surface area contributed by atoms with Gasteiger partial charge in [-0.1, -0.05) is 30.3 Å². The fourth-order valence-electron chi connectivity index (χ4n) is 3.73. The van der Waals surface area contributed by atoms with E-state index < -0.39 is 6.04 Å². The van der Waals surface area contributed by atoms with Crippen LogP contribution in [-0.4, -0.2) is 77.9 Å². The van der Waals surface area contributed by atoms with Crippen molar-refractivity contribution >= 4 is 17.7 Å². The Bertz CT molecular complexity index is 711. The van der Waals surface area contributed by atoms with Crippen molar-refractivity contribution in [2.75, 3.05) is 39.4 Å². The van der Waals surface area contributed by atoms with E-state index in [1.165, 1.54) is 0 Å². The molecule has 1 atom stereocenters. The van der Waals surface area contributed by atoms with Crippen molar-refractivity contribution in [3.05, 3.63) is 35.9 Å². The van der Waals surface area contributed by atoms with Gasteiger partial charge in [-0.15, -0.1) is 0 Å². The molecule has 1 aromatic carbocycles. The fourth-order valence-corrected chi connectivity index (χ4v) is 3.73. The molecule has 0 radical (unpaired) electrons. The van der Waals surface area contributed by atoms with E-state index in [1.807, 2.05) is 35.2 Å². The topological polar surface area (TPSA) is 70.2 Å². The Kier molecular flexibility index (Phi) is 5.11. The molecular formula is C20H25N3O4. The molecule has 4 rings (SSSR count). The van der Waals surface area contributed by atoms with Crippen LogP contribution >= 0.6 is 0 Å². The molecule has 3 amide bonds. The highest BCUT2D eigenvalue weighted by Crippen LogP contribution is 2.31. The summed E-state index contributed by atoms with van der Waals surface area (Å²) in [6.45, 7) is 2.81. The van der Waals surface area contributed by atoms with Gasteiger partial charge in [0.1, 0.15) is 12.6 Å².